The zero-order chi connectivity index (χ0) is 21.4. The van der Waals surface area contributed by atoms with Gasteiger partial charge in [0, 0.05) is 5.56 Å². The molecule has 0 saturated carbocycles. The summed E-state index contributed by atoms with van der Waals surface area (Å²) >= 11 is 0. The van der Waals surface area contributed by atoms with E-state index in [0.717, 1.165) is 17.5 Å². The van der Waals surface area contributed by atoms with Gasteiger partial charge in [0.15, 0.2) is 5.78 Å². The molecule has 0 spiro atoms. The zero-order valence-corrected chi connectivity index (χ0v) is 15.9. The lowest BCUT2D eigenvalue weighted by Crippen LogP contribution is -2.72. The first kappa shape index (κ1) is 20.9. The van der Waals surface area contributed by atoms with Crippen LogP contribution in [0, 0.1) is 12.8 Å². The van der Waals surface area contributed by atoms with Crippen molar-refractivity contribution in [2.24, 2.45) is 5.92 Å². The second-order valence-corrected chi connectivity index (χ2v) is 7.14. The summed E-state index contributed by atoms with van der Waals surface area (Å²) in [6.07, 6.45) is -4.55. The van der Waals surface area contributed by atoms with Gasteiger partial charge in [0.05, 0.1) is 6.04 Å². The Morgan fingerprint density at radius 3 is 2.21 bits per heavy atom. The molecule has 8 heteroatoms. The number of halogens is 3. The summed E-state index contributed by atoms with van der Waals surface area (Å²) in [6.45, 7) is 3.70. The Labute approximate surface area is 165 Å². The third-order valence-corrected chi connectivity index (χ3v) is 5.17. The number of carbonyl (C=O) groups is 2. The van der Waals surface area contributed by atoms with E-state index < -0.39 is 35.7 Å². The number of amides is 2. The van der Waals surface area contributed by atoms with Gasteiger partial charge in [-0.3, -0.25) is 4.79 Å². The SMILES string of the molecule is CCc1ccc([C@@H]2NC(=O)N[C@@](O)(C(F)(F)F)[C@H]2C(=O)c2ccc(C)cc2)cc1. The van der Waals surface area contributed by atoms with Crippen LogP contribution in [0.15, 0.2) is 48.5 Å². The molecule has 0 radical (unpaired) electrons. The van der Waals surface area contributed by atoms with Crippen molar-refractivity contribution in [2.75, 3.05) is 0 Å². The van der Waals surface area contributed by atoms with E-state index in [9.17, 15) is 27.9 Å². The monoisotopic (exact) mass is 406 g/mol. The molecule has 0 aromatic heterocycles. The van der Waals surface area contributed by atoms with E-state index in [2.05, 4.69) is 5.32 Å². The van der Waals surface area contributed by atoms with Crippen molar-refractivity contribution in [2.45, 2.75) is 38.2 Å². The fourth-order valence-corrected chi connectivity index (χ4v) is 3.47. The number of hydrogen-bond acceptors (Lipinski definition) is 3. The summed E-state index contributed by atoms with van der Waals surface area (Å²) in [4.78, 5) is 25.1. The average Bonchev–Trinajstić information content (AvgIpc) is 2.67. The molecule has 1 fully saturated rings. The normalized spacial score (nSPS) is 24.6. The number of hydrogen-bond donors (Lipinski definition) is 3. The van der Waals surface area contributed by atoms with Crippen molar-refractivity contribution >= 4 is 11.8 Å². The lowest BCUT2D eigenvalue weighted by atomic mass is 9.77. The van der Waals surface area contributed by atoms with Crippen molar-refractivity contribution in [1.29, 1.82) is 0 Å². The van der Waals surface area contributed by atoms with Crippen LogP contribution in [0.3, 0.4) is 0 Å². The Morgan fingerprint density at radius 2 is 1.69 bits per heavy atom. The molecule has 1 saturated heterocycles. The second-order valence-electron chi connectivity index (χ2n) is 7.14. The van der Waals surface area contributed by atoms with Crippen LogP contribution in [0.1, 0.15) is 40.0 Å². The molecule has 1 aliphatic rings. The minimum Gasteiger partial charge on any atom is -0.363 e. The third kappa shape index (κ3) is 3.85. The molecule has 154 valence electrons. The van der Waals surface area contributed by atoms with Gasteiger partial charge in [-0.25, -0.2) is 4.79 Å². The van der Waals surface area contributed by atoms with Gasteiger partial charge in [-0.05, 0) is 24.5 Å². The lowest BCUT2D eigenvalue weighted by Gasteiger charge is -2.45. The maximum absolute atomic E-state index is 13.9. The number of urea groups is 1. The van der Waals surface area contributed by atoms with Crippen LogP contribution in [0.25, 0.3) is 0 Å². The molecule has 2 aromatic carbocycles. The zero-order valence-electron chi connectivity index (χ0n) is 15.9. The minimum absolute atomic E-state index is 0.0106. The maximum atomic E-state index is 13.9. The van der Waals surface area contributed by atoms with Crippen LogP contribution in [-0.2, 0) is 6.42 Å². The minimum atomic E-state index is -5.27. The number of benzene rings is 2. The number of ketones is 1. The molecular weight excluding hydrogens is 385 g/mol. The van der Waals surface area contributed by atoms with E-state index >= 15 is 0 Å². The molecule has 2 amide bonds. The number of aliphatic hydroxyl groups is 1. The standard InChI is InChI=1S/C21H21F3N2O3/c1-3-13-6-10-14(11-7-13)17-16(18(27)15-8-4-12(2)5-9-15)20(29,21(22,23)24)26-19(28)25-17/h4-11,16-17,29H,3H2,1-2H3,(H2,25,26,28)/t16-,17+,20+/m1/s1. The van der Waals surface area contributed by atoms with Gasteiger partial charge in [0.25, 0.3) is 0 Å². The molecule has 1 heterocycles. The molecule has 1 aliphatic heterocycles. The van der Waals surface area contributed by atoms with E-state index in [1.54, 1.807) is 43.3 Å². The highest BCUT2D eigenvalue weighted by Gasteiger charge is 2.66. The maximum Gasteiger partial charge on any atom is 0.437 e. The van der Waals surface area contributed by atoms with Crippen LogP contribution in [-0.4, -0.2) is 28.8 Å². The van der Waals surface area contributed by atoms with Crippen LogP contribution in [0.5, 0.6) is 0 Å². The first-order chi connectivity index (χ1) is 13.6. The van der Waals surface area contributed by atoms with Crippen molar-refractivity contribution in [3.63, 3.8) is 0 Å². The Hall–Kier alpha value is -2.87. The van der Waals surface area contributed by atoms with Gasteiger partial charge in [-0.2, -0.15) is 13.2 Å². The van der Waals surface area contributed by atoms with Gasteiger partial charge in [0.1, 0.15) is 5.92 Å². The number of nitrogens with one attached hydrogen (secondary N) is 2. The molecule has 3 atom stereocenters. The largest absolute Gasteiger partial charge is 0.437 e. The van der Waals surface area contributed by atoms with Crippen molar-refractivity contribution in [1.82, 2.24) is 10.6 Å². The first-order valence-corrected chi connectivity index (χ1v) is 9.14. The molecule has 3 rings (SSSR count). The predicted molar refractivity (Wildman–Crippen MR) is 100 cm³/mol. The van der Waals surface area contributed by atoms with E-state index in [4.69, 9.17) is 0 Å². The topological polar surface area (TPSA) is 78.4 Å². The van der Waals surface area contributed by atoms with E-state index in [1.807, 2.05) is 6.92 Å². The van der Waals surface area contributed by atoms with Crippen molar-refractivity contribution in [3.8, 4) is 0 Å². The number of alkyl halides is 3. The van der Waals surface area contributed by atoms with Gasteiger partial charge in [-0.1, -0.05) is 61.0 Å². The van der Waals surface area contributed by atoms with E-state index in [-0.39, 0.29) is 5.56 Å². The highest BCUT2D eigenvalue weighted by Crippen LogP contribution is 2.44. The molecule has 3 N–H and O–H groups in total. The van der Waals surface area contributed by atoms with Crippen LogP contribution < -0.4 is 10.6 Å². The first-order valence-electron chi connectivity index (χ1n) is 9.14. The number of rotatable bonds is 4. The molecule has 5 nitrogen and oxygen atoms in total. The average molecular weight is 406 g/mol. The number of Topliss-reactive ketones (excluding diaryl/α,β-unsaturated/α-hetero) is 1. The Bertz CT molecular complexity index is 910. The van der Waals surface area contributed by atoms with Crippen LogP contribution in [0.4, 0.5) is 18.0 Å². The summed E-state index contributed by atoms with van der Waals surface area (Å²) in [5.41, 5.74) is -1.64. The highest BCUT2D eigenvalue weighted by atomic mass is 19.4. The molecule has 2 aromatic rings. The Balaban J connectivity index is 2.13. The predicted octanol–water partition coefficient (Wildman–Crippen LogP) is 3.66. The molecule has 0 aliphatic carbocycles. The molecular formula is C21H21F3N2O3. The fraction of sp³-hybridized carbons (Fsp3) is 0.333. The summed E-state index contributed by atoms with van der Waals surface area (Å²) in [5, 5.41) is 14.4. The second kappa shape index (κ2) is 7.51. The van der Waals surface area contributed by atoms with Gasteiger partial charge < -0.3 is 15.7 Å². The molecule has 0 unspecified atom stereocenters. The molecule has 29 heavy (non-hydrogen) atoms. The molecule has 0 bridgehead atoms. The summed E-state index contributed by atoms with van der Waals surface area (Å²) in [7, 11) is 0. The number of carbonyl (C=O) groups excluding carboxylic acids is 2. The van der Waals surface area contributed by atoms with Crippen LogP contribution >= 0.6 is 0 Å². The quantitative estimate of drug-likeness (QED) is 0.678. The van der Waals surface area contributed by atoms with Gasteiger partial charge in [-0.15, -0.1) is 0 Å². The third-order valence-electron chi connectivity index (χ3n) is 5.17. The fourth-order valence-electron chi connectivity index (χ4n) is 3.47. The van der Waals surface area contributed by atoms with E-state index in [0.29, 0.717) is 5.56 Å². The summed E-state index contributed by atoms with van der Waals surface area (Å²) in [6, 6.07) is 9.97. The lowest BCUT2D eigenvalue weighted by molar-refractivity contribution is -0.287. The Morgan fingerprint density at radius 1 is 1.10 bits per heavy atom. The smallest absolute Gasteiger partial charge is 0.363 e. The van der Waals surface area contributed by atoms with Crippen molar-refractivity contribution < 1.29 is 27.9 Å². The van der Waals surface area contributed by atoms with Gasteiger partial charge >= 0.3 is 12.2 Å². The van der Waals surface area contributed by atoms with E-state index in [1.165, 1.54) is 17.4 Å². The van der Waals surface area contributed by atoms with Gasteiger partial charge in [0.2, 0.25) is 5.72 Å². The summed E-state index contributed by atoms with van der Waals surface area (Å²) < 4.78 is 41.6. The highest BCUT2D eigenvalue weighted by molar-refractivity contribution is 6.00. The van der Waals surface area contributed by atoms with Crippen LogP contribution in [0.2, 0.25) is 0 Å². The Kier molecular flexibility index (Phi) is 5.40. The summed E-state index contributed by atoms with van der Waals surface area (Å²) in [5.74, 6) is -2.95. The van der Waals surface area contributed by atoms with Crippen molar-refractivity contribution in [3.05, 3.63) is 70.8 Å². The number of aryl methyl sites for hydroxylation is 2.